The molecule has 30 heavy (non-hydrogen) atoms. The van der Waals surface area contributed by atoms with Gasteiger partial charge in [-0.05, 0) is 49.1 Å². The average molecular weight is 427 g/mol. The predicted molar refractivity (Wildman–Crippen MR) is 110 cm³/mol. The number of anilines is 1. The summed E-state index contributed by atoms with van der Waals surface area (Å²) in [4.78, 5) is 36.5. The SMILES string of the molecule is COc1ccc(-c2ccc(C(=O)Nc3sc4c(c3C(N)=O)CCC4)o2)c([N+](=O)[O-])c1. The van der Waals surface area contributed by atoms with Crippen LogP contribution in [0.3, 0.4) is 0 Å². The van der Waals surface area contributed by atoms with Gasteiger partial charge in [0.15, 0.2) is 5.76 Å². The van der Waals surface area contributed by atoms with Crippen molar-refractivity contribution < 1.29 is 23.7 Å². The molecule has 1 aliphatic carbocycles. The maximum atomic E-state index is 12.7. The first-order valence-electron chi connectivity index (χ1n) is 9.07. The number of hydrogen-bond acceptors (Lipinski definition) is 7. The van der Waals surface area contributed by atoms with Crippen molar-refractivity contribution in [1.82, 2.24) is 0 Å². The molecule has 10 heteroatoms. The van der Waals surface area contributed by atoms with Crippen LogP contribution in [0.25, 0.3) is 11.3 Å². The lowest BCUT2D eigenvalue weighted by Gasteiger charge is -2.05. The summed E-state index contributed by atoms with van der Waals surface area (Å²) in [5.41, 5.74) is 6.77. The number of fused-ring (bicyclic) bond motifs is 1. The fourth-order valence-corrected chi connectivity index (χ4v) is 4.81. The van der Waals surface area contributed by atoms with E-state index in [-0.39, 0.29) is 22.8 Å². The number of nitrogens with one attached hydrogen (secondary N) is 1. The van der Waals surface area contributed by atoms with Crippen molar-refractivity contribution in [3.8, 4) is 17.1 Å². The van der Waals surface area contributed by atoms with Crippen LogP contribution < -0.4 is 15.8 Å². The maximum Gasteiger partial charge on any atom is 0.292 e. The largest absolute Gasteiger partial charge is 0.497 e. The summed E-state index contributed by atoms with van der Waals surface area (Å²) in [6.07, 6.45) is 2.56. The van der Waals surface area contributed by atoms with Crippen LogP contribution >= 0.6 is 11.3 Å². The highest BCUT2D eigenvalue weighted by atomic mass is 32.1. The Morgan fingerprint density at radius 3 is 2.77 bits per heavy atom. The molecule has 0 saturated heterocycles. The van der Waals surface area contributed by atoms with Gasteiger partial charge in [-0.25, -0.2) is 0 Å². The van der Waals surface area contributed by atoms with Gasteiger partial charge in [-0.3, -0.25) is 19.7 Å². The van der Waals surface area contributed by atoms with Crippen LogP contribution in [-0.2, 0) is 12.8 Å². The van der Waals surface area contributed by atoms with Crippen molar-refractivity contribution in [3.63, 3.8) is 0 Å². The molecule has 2 heterocycles. The molecule has 0 radical (unpaired) electrons. The molecule has 2 amide bonds. The summed E-state index contributed by atoms with van der Waals surface area (Å²) in [6, 6.07) is 7.24. The molecule has 4 rings (SSSR count). The van der Waals surface area contributed by atoms with E-state index in [2.05, 4.69) is 5.32 Å². The van der Waals surface area contributed by atoms with E-state index in [1.54, 1.807) is 6.07 Å². The monoisotopic (exact) mass is 427 g/mol. The summed E-state index contributed by atoms with van der Waals surface area (Å²) in [7, 11) is 1.41. The third-order valence-corrected chi connectivity index (χ3v) is 6.10. The summed E-state index contributed by atoms with van der Waals surface area (Å²) >= 11 is 1.34. The zero-order valence-corrected chi connectivity index (χ0v) is 16.7. The minimum atomic E-state index is -0.585. The summed E-state index contributed by atoms with van der Waals surface area (Å²) < 4.78 is 10.6. The van der Waals surface area contributed by atoms with Crippen molar-refractivity contribution in [1.29, 1.82) is 0 Å². The number of aryl methyl sites for hydroxylation is 1. The zero-order chi connectivity index (χ0) is 21.4. The number of benzene rings is 1. The molecule has 0 atom stereocenters. The third-order valence-electron chi connectivity index (χ3n) is 4.89. The molecule has 0 aliphatic heterocycles. The molecule has 2 aromatic heterocycles. The summed E-state index contributed by atoms with van der Waals surface area (Å²) in [5.74, 6) is -0.698. The van der Waals surface area contributed by atoms with Crippen LogP contribution in [0, 0.1) is 10.1 Å². The van der Waals surface area contributed by atoms with Gasteiger partial charge in [0, 0.05) is 4.88 Å². The molecule has 0 saturated carbocycles. The molecule has 3 aromatic rings. The molecule has 0 bridgehead atoms. The van der Waals surface area contributed by atoms with Crippen LogP contribution in [0.4, 0.5) is 10.7 Å². The number of primary amides is 1. The summed E-state index contributed by atoms with van der Waals surface area (Å²) in [5, 5.41) is 14.5. The molecule has 154 valence electrons. The number of methoxy groups -OCH3 is 1. The minimum absolute atomic E-state index is 0.0425. The number of furan rings is 1. The van der Waals surface area contributed by atoms with E-state index in [0.29, 0.717) is 16.3 Å². The molecular weight excluding hydrogens is 410 g/mol. The van der Waals surface area contributed by atoms with Gasteiger partial charge in [0.05, 0.1) is 29.2 Å². The van der Waals surface area contributed by atoms with Gasteiger partial charge in [-0.1, -0.05) is 0 Å². The number of amides is 2. The van der Waals surface area contributed by atoms with Crippen LogP contribution in [0.2, 0.25) is 0 Å². The summed E-state index contributed by atoms with van der Waals surface area (Å²) in [6.45, 7) is 0. The highest BCUT2D eigenvalue weighted by molar-refractivity contribution is 7.17. The van der Waals surface area contributed by atoms with E-state index >= 15 is 0 Å². The van der Waals surface area contributed by atoms with Gasteiger partial charge >= 0.3 is 0 Å². The lowest BCUT2D eigenvalue weighted by atomic mass is 10.1. The number of carbonyl (C=O) groups excluding carboxylic acids is 2. The first-order valence-corrected chi connectivity index (χ1v) is 9.89. The van der Waals surface area contributed by atoms with Gasteiger partial charge in [-0.2, -0.15) is 0 Å². The van der Waals surface area contributed by atoms with Gasteiger partial charge in [0.2, 0.25) is 0 Å². The topological polar surface area (TPSA) is 138 Å². The van der Waals surface area contributed by atoms with Crippen molar-refractivity contribution in [2.75, 3.05) is 12.4 Å². The molecule has 3 N–H and O–H groups in total. The van der Waals surface area contributed by atoms with E-state index in [4.69, 9.17) is 14.9 Å². The highest BCUT2D eigenvalue weighted by Crippen LogP contribution is 2.39. The number of nitrogens with two attached hydrogens (primary N) is 1. The van der Waals surface area contributed by atoms with Crippen LogP contribution in [0.15, 0.2) is 34.7 Å². The van der Waals surface area contributed by atoms with Gasteiger partial charge in [-0.15, -0.1) is 11.3 Å². The molecule has 1 aliphatic rings. The smallest absolute Gasteiger partial charge is 0.292 e. The first-order chi connectivity index (χ1) is 14.4. The minimum Gasteiger partial charge on any atom is -0.497 e. The number of thiophene rings is 1. The van der Waals surface area contributed by atoms with Gasteiger partial charge in [0.1, 0.15) is 16.5 Å². The van der Waals surface area contributed by atoms with E-state index in [0.717, 1.165) is 29.7 Å². The molecule has 9 nitrogen and oxygen atoms in total. The van der Waals surface area contributed by atoms with Crippen molar-refractivity contribution in [2.45, 2.75) is 19.3 Å². The van der Waals surface area contributed by atoms with Crippen LogP contribution in [0.5, 0.6) is 5.75 Å². The second-order valence-electron chi connectivity index (χ2n) is 6.68. The number of nitrogens with zero attached hydrogens (tertiary/aromatic N) is 1. The number of nitro groups is 1. The lowest BCUT2D eigenvalue weighted by molar-refractivity contribution is -0.384. The Hall–Kier alpha value is -3.66. The average Bonchev–Trinajstić information content (AvgIpc) is 3.42. The number of carbonyl (C=O) groups is 2. The number of rotatable bonds is 6. The molecule has 1 aromatic carbocycles. The molecule has 0 spiro atoms. The fraction of sp³-hybridized carbons (Fsp3) is 0.200. The lowest BCUT2D eigenvalue weighted by Crippen LogP contribution is -2.17. The second-order valence-corrected chi connectivity index (χ2v) is 7.79. The number of nitro benzene ring substituents is 1. The number of hydrogen-bond donors (Lipinski definition) is 2. The predicted octanol–water partition coefficient (Wildman–Crippen LogP) is 3.76. The Balaban J connectivity index is 1.62. The second kappa shape index (κ2) is 7.64. The van der Waals surface area contributed by atoms with E-state index < -0.39 is 16.7 Å². The van der Waals surface area contributed by atoms with Gasteiger partial charge < -0.3 is 20.2 Å². The van der Waals surface area contributed by atoms with E-state index in [1.807, 2.05) is 0 Å². The standard InChI is InChI=1S/C20H17N3O6S/c1-28-10-5-6-11(13(9-10)23(26)27)14-7-8-15(29-14)19(25)22-20-17(18(21)24)12-3-2-4-16(12)30-20/h5-9H,2-4H2,1H3,(H2,21,24)(H,22,25). The van der Waals surface area contributed by atoms with Crippen LogP contribution in [0.1, 0.15) is 37.8 Å². The normalized spacial score (nSPS) is 12.4. The van der Waals surface area contributed by atoms with E-state index in [9.17, 15) is 19.7 Å². The van der Waals surface area contributed by atoms with Crippen molar-refractivity contribution >= 4 is 33.8 Å². The Morgan fingerprint density at radius 2 is 2.07 bits per heavy atom. The van der Waals surface area contributed by atoms with Gasteiger partial charge in [0.25, 0.3) is 17.5 Å². The molecule has 0 fully saturated rings. The van der Waals surface area contributed by atoms with E-state index in [1.165, 1.54) is 42.7 Å². The number of ether oxygens (including phenoxy) is 1. The Labute approximate surface area is 174 Å². The van der Waals surface area contributed by atoms with Crippen molar-refractivity contribution in [3.05, 3.63) is 62.2 Å². The first kappa shape index (κ1) is 19.6. The third kappa shape index (κ3) is 3.41. The Bertz CT molecular complexity index is 1180. The van der Waals surface area contributed by atoms with Crippen LogP contribution in [-0.4, -0.2) is 23.8 Å². The highest BCUT2D eigenvalue weighted by Gasteiger charge is 2.27. The fourth-order valence-electron chi connectivity index (χ4n) is 3.52. The Morgan fingerprint density at radius 1 is 1.27 bits per heavy atom. The quantitative estimate of drug-likeness (QED) is 0.454. The maximum absolute atomic E-state index is 12.7. The Kier molecular flexibility index (Phi) is 5.00. The molecular formula is C20H17N3O6S. The zero-order valence-electron chi connectivity index (χ0n) is 15.9. The molecule has 0 unspecified atom stereocenters. The van der Waals surface area contributed by atoms with Crippen molar-refractivity contribution in [2.24, 2.45) is 5.73 Å².